The highest BCUT2D eigenvalue weighted by atomic mass is 14.7. The Bertz CT molecular complexity index is 2420. The van der Waals surface area contributed by atoms with Crippen LogP contribution in [0.5, 0.6) is 0 Å². The number of aromatic amines is 1. The van der Waals surface area contributed by atoms with Crippen molar-refractivity contribution in [2.75, 3.05) is 0 Å². The van der Waals surface area contributed by atoms with Crippen molar-refractivity contribution in [3.8, 4) is 33.4 Å². The standard InChI is InChI=1S/C47H33N.C2H6/c1-46(40-17-7-2-12-35(40)36-13-3-8-18-41(36)46)33-26-22-31(23-27-33)32-24-28-34(29-25-32)47(44-30-48-45-21-11-6-16-39(44)45)42-19-9-4-14-37(42)38-15-5-10-20-43(38)47;1-2/h2-30,48H,1H3;1-2H3. The first-order valence-electron chi connectivity index (χ1n) is 17.9. The molecule has 2 aliphatic rings. The van der Waals surface area contributed by atoms with Gasteiger partial charge in [0.2, 0.25) is 0 Å². The molecule has 1 nitrogen and oxygen atoms in total. The average Bonchev–Trinajstić information content (AvgIpc) is 3.84. The van der Waals surface area contributed by atoms with Crippen LogP contribution in [0.25, 0.3) is 44.3 Å². The van der Waals surface area contributed by atoms with Crippen LogP contribution in [0.3, 0.4) is 0 Å². The summed E-state index contributed by atoms with van der Waals surface area (Å²) in [4.78, 5) is 3.60. The molecule has 240 valence electrons. The van der Waals surface area contributed by atoms with E-state index in [4.69, 9.17) is 0 Å². The fourth-order valence-corrected chi connectivity index (χ4v) is 9.05. The molecule has 0 radical (unpaired) electrons. The molecule has 0 amide bonds. The van der Waals surface area contributed by atoms with Crippen molar-refractivity contribution in [3.05, 3.63) is 215 Å². The summed E-state index contributed by atoms with van der Waals surface area (Å²) in [5, 5.41) is 1.26. The number of rotatable bonds is 4. The molecule has 7 aromatic carbocycles. The van der Waals surface area contributed by atoms with Gasteiger partial charge in [-0.25, -0.2) is 0 Å². The van der Waals surface area contributed by atoms with Crippen molar-refractivity contribution in [2.45, 2.75) is 31.6 Å². The largest absolute Gasteiger partial charge is 0.361 e. The lowest BCUT2D eigenvalue weighted by Gasteiger charge is -2.33. The molecule has 8 aromatic rings. The second kappa shape index (κ2) is 11.6. The zero-order valence-corrected chi connectivity index (χ0v) is 28.7. The molecule has 10 rings (SSSR count). The van der Waals surface area contributed by atoms with Crippen LogP contribution in [0.1, 0.15) is 59.7 Å². The minimum atomic E-state index is -0.437. The van der Waals surface area contributed by atoms with Crippen LogP contribution in [0.15, 0.2) is 176 Å². The van der Waals surface area contributed by atoms with Crippen molar-refractivity contribution >= 4 is 10.9 Å². The quantitative estimate of drug-likeness (QED) is 0.197. The molecule has 0 bridgehead atoms. The minimum absolute atomic E-state index is 0.190. The average molecular weight is 642 g/mol. The number of aromatic nitrogens is 1. The van der Waals surface area contributed by atoms with Crippen LogP contribution in [0.4, 0.5) is 0 Å². The summed E-state index contributed by atoms with van der Waals surface area (Å²) in [5.74, 6) is 0. The van der Waals surface area contributed by atoms with E-state index in [-0.39, 0.29) is 5.41 Å². The van der Waals surface area contributed by atoms with E-state index >= 15 is 0 Å². The molecule has 0 atom stereocenters. The predicted octanol–water partition coefficient (Wildman–Crippen LogP) is 12.6. The Kier molecular flexibility index (Phi) is 7.00. The summed E-state index contributed by atoms with van der Waals surface area (Å²) in [5.41, 5.74) is 17.6. The zero-order valence-electron chi connectivity index (χ0n) is 28.7. The fourth-order valence-electron chi connectivity index (χ4n) is 9.05. The van der Waals surface area contributed by atoms with Gasteiger partial charge >= 0.3 is 0 Å². The van der Waals surface area contributed by atoms with Gasteiger partial charge in [0.05, 0.1) is 5.41 Å². The van der Waals surface area contributed by atoms with Gasteiger partial charge in [-0.2, -0.15) is 0 Å². The van der Waals surface area contributed by atoms with Crippen molar-refractivity contribution < 1.29 is 0 Å². The molecule has 1 heterocycles. The van der Waals surface area contributed by atoms with Crippen molar-refractivity contribution in [1.29, 1.82) is 0 Å². The summed E-state index contributed by atoms with van der Waals surface area (Å²) < 4.78 is 0. The summed E-state index contributed by atoms with van der Waals surface area (Å²) in [6.07, 6.45) is 2.23. The molecule has 0 unspecified atom stereocenters. The lowest BCUT2D eigenvalue weighted by Crippen LogP contribution is -2.28. The van der Waals surface area contributed by atoms with Crippen LogP contribution in [0.2, 0.25) is 0 Å². The maximum absolute atomic E-state index is 3.60. The molecule has 1 aromatic heterocycles. The summed E-state index contributed by atoms with van der Waals surface area (Å²) in [7, 11) is 0. The van der Waals surface area contributed by atoms with Crippen molar-refractivity contribution in [3.63, 3.8) is 0 Å². The Morgan fingerprint density at radius 2 is 0.780 bits per heavy atom. The normalized spacial score (nSPS) is 14.2. The van der Waals surface area contributed by atoms with Gasteiger partial charge in [0.1, 0.15) is 0 Å². The Morgan fingerprint density at radius 3 is 1.30 bits per heavy atom. The molecule has 50 heavy (non-hydrogen) atoms. The highest BCUT2D eigenvalue weighted by Crippen LogP contribution is 2.57. The first kappa shape index (κ1) is 30.2. The van der Waals surface area contributed by atoms with E-state index in [1.165, 1.54) is 77.7 Å². The van der Waals surface area contributed by atoms with E-state index in [0.717, 1.165) is 5.52 Å². The molecule has 0 saturated carbocycles. The molecular formula is C49H39N. The lowest BCUT2D eigenvalue weighted by atomic mass is 9.67. The number of hydrogen-bond donors (Lipinski definition) is 1. The summed E-state index contributed by atoms with van der Waals surface area (Å²) >= 11 is 0. The van der Waals surface area contributed by atoms with E-state index in [9.17, 15) is 0 Å². The van der Waals surface area contributed by atoms with Crippen LogP contribution >= 0.6 is 0 Å². The zero-order chi connectivity index (χ0) is 33.9. The van der Waals surface area contributed by atoms with Gasteiger partial charge in [0.25, 0.3) is 0 Å². The maximum atomic E-state index is 3.60. The van der Waals surface area contributed by atoms with Gasteiger partial charge in [-0.05, 0) is 85.3 Å². The summed E-state index contributed by atoms with van der Waals surface area (Å²) in [6, 6.07) is 63.0. The number of para-hydroxylation sites is 1. The Hall–Kier alpha value is -5.92. The molecule has 2 aliphatic carbocycles. The number of nitrogens with one attached hydrogen (secondary N) is 1. The number of fused-ring (bicyclic) bond motifs is 7. The molecule has 0 aliphatic heterocycles. The highest BCUT2D eigenvalue weighted by molar-refractivity contribution is 5.93. The van der Waals surface area contributed by atoms with Crippen LogP contribution in [0, 0.1) is 0 Å². The molecule has 1 heteroatoms. The van der Waals surface area contributed by atoms with Crippen LogP contribution in [-0.4, -0.2) is 4.98 Å². The number of hydrogen-bond acceptors (Lipinski definition) is 0. The van der Waals surface area contributed by atoms with E-state index in [0.29, 0.717) is 0 Å². The third-order valence-corrected chi connectivity index (χ3v) is 11.3. The highest BCUT2D eigenvalue weighted by Gasteiger charge is 2.47. The van der Waals surface area contributed by atoms with E-state index < -0.39 is 5.41 Å². The monoisotopic (exact) mass is 641 g/mol. The van der Waals surface area contributed by atoms with Gasteiger partial charge in [0, 0.05) is 22.5 Å². The first-order valence-corrected chi connectivity index (χ1v) is 17.9. The molecule has 0 spiro atoms. The Morgan fingerprint density at radius 1 is 0.380 bits per heavy atom. The van der Waals surface area contributed by atoms with E-state index in [2.05, 4.69) is 188 Å². The van der Waals surface area contributed by atoms with Crippen molar-refractivity contribution in [2.24, 2.45) is 0 Å². The third kappa shape index (κ3) is 4.07. The van der Waals surface area contributed by atoms with Gasteiger partial charge < -0.3 is 4.98 Å². The Labute approximate surface area is 294 Å². The van der Waals surface area contributed by atoms with E-state index in [1.807, 2.05) is 13.8 Å². The van der Waals surface area contributed by atoms with E-state index in [1.54, 1.807) is 0 Å². The summed E-state index contributed by atoms with van der Waals surface area (Å²) in [6.45, 7) is 6.38. The van der Waals surface area contributed by atoms with Gasteiger partial charge in [-0.15, -0.1) is 0 Å². The fraction of sp³-hybridized carbons (Fsp3) is 0.102. The first-order chi connectivity index (χ1) is 24.7. The predicted molar refractivity (Wildman–Crippen MR) is 210 cm³/mol. The Balaban J connectivity index is 0.00000165. The minimum Gasteiger partial charge on any atom is -0.361 e. The number of benzene rings is 7. The van der Waals surface area contributed by atoms with Gasteiger partial charge in [0.15, 0.2) is 0 Å². The second-order valence-electron chi connectivity index (χ2n) is 13.5. The molecule has 0 fully saturated rings. The van der Waals surface area contributed by atoms with Gasteiger partial charge in [-0.3, -0.25) is 0 Å². The van der Waals surface area contributed by atoms with Gasteiger partial charge in [-0.1, -0.05) is 178 Å². The van der Waals surface area contributed by atoms with Crippen LogP contribution in [-0.2, 0) is 10.8 Å². The second-order valence-corrected chi connectivity index (χ2v) is 13.5. The maximum Gasteiger partial charge on any atom is 0.0734 e. The van der Waals surface area contributed by atoms with Crippen molar-refractivity contribution in [1.82, 2.24) is 4.98 Å². The molecular weight excluding hydrogens is 603 g/mol. The lowest BCUT2D eigenvalue weighted by molar-refractivity contribution is 0.714. The van der Waals surface area contributed by atoms with Crippen LogP contribution < -0.4 is 0 Å². The third-order valence-electron chi connectivity index (χ3n) is 11.3. The number of H-pyrrole nitrogens is 1. The smallest absolute Gasteiger partial charge is 0.0734 e. The molecule has 0 saturated heterocycles. The molecule has 1 N–H and O–H groups in total. The topological polar surface area (TPSA) is 15.8 Å². The SMILES string of the molecule is CC.CC1(c2ccc(-c3ccc(C4(c5c[nH]c6ccccc56)c5ccccc5-c5ccccc54)cc3)cc2)c2ccccc2-c2ccccc21.